The maximum Gasteiger partial charge on any atom is 0.226 e. The molecule has 0 unspecified atom stereocenters. The lowest BCUT2D eigenvalue weighted by molar-refractivity contribution is -0.128. The molecular formula is C17H25ClN2O4. The van der Waals surface area contributed by atoms with Crippen molar-refractivity contribution in [3.8, 4) is 11.5 Å². The van der Waals surface area contributed by atoms with E-state index < -0.39 is 5.41 Å². The van der Waals surface area contributed by atoms with E-state index in [1.807, 2.05) is 6.07 Å². The summed E-state index contributed by atoms with van der Waals surface area (Å²) in [6, 6.07) is 5.34. The quantitative estimate of drug-likeness (QED) is 0.522. The number of rotatable bonds is 9. The normalized spacial score (nSPS) is 10.9. The monoisotopic (exact) mass is 356 g/mol. The highest BCUT2D eigenvalue weighted by molar-refractivity contribution is 6.19. The average Bonchev–Trinajstić information content (AvgIpc) is 2.58. The summed E-state index contributed by atoms with van der Waals surface area (Å²) in [6.07, 6.45) is 0.224. The van der Waals surface area contributed by atoms with Crippen LogP contribution in [0.3, 0.4) is 0 Å². The zero-order valence-corrected chi connectivity index (χ0v) is 15.3. The number of amides is 2. The van der Waals surface area contributed by atoms with E-state index in [9.17, 15) is 9.59 Å². The maximum absolute atomic E-state index is 11.9. The lowest BCUT2D eigenvalue weighted by Crippen LogP contribution is -2.42. The van der Waals surface area contributed by atoms with Crippen LogP contribution in [-0.4, -0.2) is 45.0 Å². The van der Waals surface area contributed by atoms with Gasteiger partial charge in [-0.05, 0) is 31.5 Å². The van der Waals surface area contributed by atoms with Gasteiger partial charge in [-0.25, -0.2) is 0 Å². The Kier molecular flexibility index (Phi) is 7.85. The topological polar surface area (TPSA) is 76.7 Å². The van der Waals surface area contributed by atoms with Gasteiger partial charge in [0.1, 0.15) is 0 Å². The van der Waals surface area contributed by atoms with E-state index in [-0.39, 0.29) is 24.1 Å². The van der Waals surface area contributed by atoms with Gasteiger partial charge in [0.25, 0.3) is 0 Å². The summed E-state index contributed by atoms with van der Waals surface area (Å²) in [4.78, 5) is 23.8. The molecular weight excluding hydrogens is 332 g/mol. The van der Waals surface area contributed by atoms with E-state index in [4.69, 9.17) is 21.1 Å². The van der Waals surface area contributed by atoms with E-state index in [2.05, 4.69) is 10.6 Å². The SMILES string of the molecule is COc1ccc(CC(=O)NCCNC(=O)C(C)(C)CCl)cc1OC. The Balaban J connectivity index is 2.41. The molecule has 0 spiro atoms. The Morgan fingerprint density at radius 2 is 1.71 bits per heavy atom. The molecule has 0 heterocycles. The van der Waals surface area contributed by atoms with Crippen molar-refractivity contribution < 1.29 is 19.1 Å². The molecule has 1 rings (SSSR count). The fraction of sp³-hybridized carbons (Fsp3) is 0.529. The third-order valence-corrected chi connectivity index (χ3v) is 4.16. The van der Waals surface area contributed by atoms with E-state index in [0.29, 0.717) is 24.6 Å². The molecule has 0 saturated heterocycles. The number of hydrogen-bond donors (Lipinski definition) is 2. The van der Waals surface area contributed by atoms with Crippen molar-refractivity contribution in [2.24, 2.45) is 5.41 Å². The summed E-state index contributed by atoms with van der Waals surface area (Å²) in [5, 5.41) is 5.52. The molecule has 2 N–H and O–H groups in total. The first-order chi connectivity index (χ1) is 11.3. The molecule has 0 atom stereocenters. The van der Waals surface area contributed by atoms with Crippen LogP contribution in [-0.2, 0) is 16.0 Å². The average molecular weight is 357 g/mol. The van der Waals surface area contributed by atoms with Crippen LogP contribution in [0, 0.1) is 5.41 Å². The molecule has 134 valence electrons. The van der Waals surface area contributed by atoms with E-state index in [1.54, 1.807) is 40.2 Å². The van der Waals surface area contributed by atoms with Gasteiger partial charge in [-0.1, -0.05) is 6.07 Å². The Morgan fingerprint density at radius 3 is 2.29 bits per heavy atom. The van der Waals surface area contributed by atoms with Crippen LogP contribution < -0.4 is 20.1 Å². The van der Waals surface area contributed by atoms with Crippen LogP contribution in [0.5, 0.6) is 11.5 Å². The van der Waals surface area contributed by atoms with Gasteiger partial charge in [0.2, 0.25) is 11.8 Å². The van der Waals surface area contributed by atoms with Crippen molar-refractivity contribution in [1.29, 1.82) is 0 Å². The molecule has 0 aromatic heterocycles. The number of ether oxygens (including phenoxy) is 2. The summed E-state index contributed by atoms with van der Waals surface area (Å²) in [7, 11) is 3.11. The third-order valence-electron chi connectivity index (χ3n) is 3.49. The van der Waals surface area contributed by atoms with Gasteiger partial charge in [-0.15, -0.1) is 11.6 Å². The number of hydrogen-bond acceptors (Lipinski definition) is 4. The first-order valence-electron chi connectivity index (χ1n) is 7.66. The summed E-state index contributed by atoms with van der Waals surface area (Å²) in [5.41, 5.74) is 0.197. The van der Waals surface area contributed by atoms with Crippen LogP contribution in [0.25, 0.3) is 0 Å². The van der Waals surface area contributed by atoms with Gasteiger partial charge in [0.15, 0.2) is 11.5 Å². The van der Waals surface area contributed by atoms with Crippen LogP contribution in [0.2, 0.25) is 0 Å². The summed E-state index contributed by atoms with van der Waals surface area (Å²) < 4.78 is 10.4. The Morgan fingerprint density at radius 1 is 1.08 bits per heavy atom. The zero-order valence-electron chi connectivity index (χ0n) is 14.6. The van der Waals surface area contributed by atoms with Crippen molar-refractivity contribution in [3.63, 3.8) is 0 Å². The Labute approximate surface area is 147 Å². The molecule has 0 fully saturated rings. The standard InChI is InChI=1S/C17H25ClN2O4/c1-17(2,11-18)16(22)20-8-7-19-15(21)10-12-5-6-13(23-3)14(9-12)24-4/h5-6,9H,7-8,10-11H2,1-4H3,(H,19,21)(H,20,22). The lowest BCUT2D eigenvalue weighted by atomic mass is 9.95. The molecule has 2 amide bonds. The largest absolute Gasteiger partial charge is 0.493 e. The number of methoxy groups -OCH3 is 2. The molecule has 24 heavy (non-hydrogen) atoms. The second-order valence-electron chi connectivity index (χ2n) is 5.99. The minimum absolute atomic E-state index is 0.131. The molecule has 6 nitrogen and oxygen atoms in total. The maximum atomic E-state index is 11.9. The minimum atomic E-state index is -0.620. The molecule has 0 aliphatic heterocycles. The number of carbonyl (C=O) groups is 2. The number of benzene rings is 1. The number of halogens is 1. The highest BCUT2D eigenvalue weighted by Gasteiger charge is 2.25. The van der Waals surface area contributed by atoms with Gasteiger partial charge in [-0.2, -0.15) is 0 Å². The van der Waals surface area contributed by atoms with Gasteiger partial charge < -0.3 is 20.1 Å². The molecule has 0 radical (unpaired) electrons. The highest BCUT2D eigenvalue weighted by atomic mass is 35.5. The van der Waals surface area contributed by atoms with Gasteiger partial charge in [0, 0.05) is 19.0 Å². The van der Waals surface area contributed by atoms with Gasteiger partial charge in [0.05, 0.1) is 26.1 Å². The molecule has 1 aromatic carbocycles. The predicted molar refractivity (Wildman–Crippen MR) is 93.8 cm³/mol. The summed E-state index contributed by atoms with van der Waals surface area (Å²) in [5.74, 6) is 1.18. The second-order valence-corrected chi connectivity index (χ2v) is 6.26. The smallest absolute Gasteiger partial charge is 0.226 e. The van der Waals surface area contributed by atoms with Gasteiger partial charge in [-0.3, -0.25) is 9.59 Å². The van der Waals surface area contributed by atoms with Crippen molar-refractivity contribution in [2.75, 3.05) is 33.2 Å². The molecule has 0 aliphatic rings. The fourth-order valence-electron chi connectivity index (χ4n) is 1.92. The van der Waals surface area contributed by atoms with E-state index in [1.165, 1.54) is 0 Å². The lowest BCUT2D eigenvalue weighted by Gasteiger charge is -2.20. The van der Waals surface area contributed by atoms with Crippen molar-refractivity contribution in [2.45, 2.75) is 20.3 Å². The molecule has 1 aromatic rings. The predicted octanol–water partition coefficient (Wildman–Crippen LogP) is 1.74. The number of alkyl halides is 1. The van der Waals surface area contributed by atoms with Crippen molar-refractivity contribution >= 4 is 23.4 Å². The molecule has 0 saturated carbocycles. The third kappa shape index (κ3) is 5.92. The van der Waals surface area contributed by atoms with Gasteiger partial charge >= 0.3 is 0 Å². The van der Waals surface area contributed by atoms with E-state index >= 15 is 0 Å². The van der Waals surface area contributed by atoms with Crippen LogP contribution in [0.4, 0.5) is 0 Å². The molecule has 0 aliphatic carbocycles. The van der Waals surface area contributed by atoms with Crippen molar-refractivity contribution in [1.82, 2.24) is 10.6 Å². The Hall–Kier alpha value is -1.95. The number of carbonyl (C=O) groups excluding carboxylic acids is 2. The first-order valence-corrected chi connectivity index (χ1v) is 8.19. The van der Waals surface area contributed by atoms with Crippen LogP contribution in [0.15, 0.2) is 18.2 Å². The molecule has 7 heteroatoms. The van der Waals surface area contributed by atoms with Crippen LogP contribution >= 0.6 is 11.6 Å². The number of nitrogens with one attached hydrogen (secondary N) is 2. The summed E-state index contributed by atoms with van der Waals surface area (Å²) >= 11 is 5.74. The van der Waals surface area contributed by atoms with Crippen LogP contribution in [0.1, 0.15) is 19.4 Å². The van der Waals surface area contributed by atoms with Crippen molar-refractivity contribution in [3.05, 3.63) is 23.8 Å². The zero-order chi connectivity index (χ0) is 18.2. The minimum Gasteiger partial charge on any atom is -0.493 e. The van der Waals surface area contributed by atoms with E-state index in [0.717, 1.165) is 5.56 Å². The molecule has 0 bridgehead atoms. The highest BCUT2D eigenvalue weighted by Crippen LogP contribution is 2.27. The first kappa shape index (κ1) is 20.1. The Bertz CT molecular complexity index is 576. The summed E-state index contributed by atoms with van der Waals surface area (Å²) in [6.45, 7) is 4.25. The second kappa shape index (κ2) is 9.37. The fourth-order valence-corrected chi connectivity index (χ4v) is 2.04.